The van der Waals surface area contributed by atoms with E-state index in [-0.39, 0.29) is 12.2 Å². The van der Waals surface area contributed by atoms with Crippen LogP contribution in [0, 0.1) is 20.4 Å². The summed E-state index contributed by atoms with van der Waals surface area (Å²) in [7, 11) is 0. The first-order valence-electron chi connectivity index (χ1n) is 11.0. The lowest BCUT2D eigenvalue weighted by Gasteiger charge is -2.18. The second kappa shape index (κ2) is 8.81. The number of alkyl halides is 3. The van der Waals surface area contributed by atoms with Crippen molar-refractivity contribution in [3.8, 4) is 21.0 Å². The molecule has 0 aliphatic rings. The number of fused-ring (bicyclic) bond motifs is 1. The van der Waals surface area contributed by atoms with Crippen LogP contribution in [0.15, 0.2) is 65.7 Å². The minimum absolute atomic E-state index is 0.0499. The summed E-state index contributed by atoms with van der Waals surface area (Å²) in [6.45, 7) is 11.2. The number of aryl methyl sites for hydroxylation is 2. The van der Waals surface area contributed by atoms with Crippen molar-refractivity contribution in [2.24, 2.45) is 0 Å². The van der Waals surface area contributed by atoms with E-state index in [0.717, 1.165) is 44.2 Å². The predicted octanol–water partition coefficient (Wildman–Crippen LogP) is 7.35. The number of pyridine rings is 1. The molecule has 0 aliphatic heterocycles. The third kappa shape index (κ3) is 4.20. The molecular formula is C27H19F3N4OS. The van der Waals surface area contributed by atoms with Crippen molar-refractivity contribution in [2.75, 3.05) is 0 Å². The predicted molar refractivity (Wildman–Crippen MR) is 135 cm³/mol. The summed E-state index contributed by atoms with van der Waals surface area (Å²) < 4.78 is 42.9. The standard InChI is InChI=1S/C27H19F3N4OS/c1-15-4-5-18(16(2)10-15)13-34-22(12-19(27(28,29)30)25(31-3)26(34)35)24-9-8-23(36-24)17-6-7-20-21(11-17)33-14-32-20/h4-12,14H,13H2,1-2H3,(H,32,33). The fourth-order valence-electron chi connectivity index (χ4n) is 4.23. The summed E-state index contributed by atoms with van der Waals surface area (Å²) in [6.07, 6.45) is -3.24. The van der Waals surface area contributed by atoms with E-state index in [1.807, 2.05) is 56.3 Å². The lowest BCUT2D eigenvalue weighted by atomic mass is 10.0. The smallest absolute Gasteiger partial charge is 0.345 e. The van der Waals surface area contributed by atoms with Crippen LogP contribution >= 0.6 is 11.3 Å². The van der Waals surface area contributed by atoms with Crippen LogP contribution in [-0.4, -0.2) is 14.5 Å². The van der Waals surface area contributed by atoms with Crippen LogP contribution in [0.25, 0.3) is 36.9 Å². The number of rotatable bonds is 4. The van der Waals surface area contributed by atoms with Crippen molar-refractivity contribution in [1.29, 1.82) is 0 Å². The number of nitrogens with zero attached hydrogens (tertiary/aromatic N) is 3. The second-order valence-electron chi connectivity index (χ2n) is 8.52. The molecule has 3 aromatic heterocycles. The Bertz CT molecular complexity index is 1720. The number of H-pyrrole nitrogens is 1. The Labute approximate surface area is 208 Å². The van der Waals surface area contributed by atoms with E-state index in [1.54, 1.807) is 12.4 Å². The van der Waals surface area contributed by atoms with Gasteiger partial charge < -0.3 is 9.55 Å². The Morgan fingerprint density at radius 2 is 1.83 bits per heavy atom. The summed E-state index contributed by atoms with van der Waals surface area (Å²) in [5, 5.41) is 0. The van der Waals surface area contributed by atoms with Crippen LogP contribution in [-0.2, 0) is 12.7 Å². The van der Waals surface area contributed by atoms with Crippen LogP contribution in [0.2, 0.25) is 0 Å². The van der Waals surface area contributed by atoms with Crippen LogP contribution in [0.5, 0.6) is 0 Å². The molecule has 0 bridgehead atoms. The van der Waals surface area contributed by atoms with Gasteiger partial charge in [0.1, 0.15) is 0 Å². The zero-order valence-electron chi connectivity index (χ0n) is 19.3. The Kier molecular flexibility index (Phi) is 5.77. The molecule has 0 aliphatic carbocycles. The highest BCUT2D eigenvalue weighted by Gasteiger charge is 2.36. The molecule has 0 saturated heterocycles. The van der Waals surface area contributed by atoms with E-state index in [9.17, 15) is 18.0 Å². The van der Waals surface area contributed by atoms with Crippen molar-refractivity contribution < 1.29 is 13.2 Å². The molecule has 180 valence electrons. The van der Waals surface area contributed by atoms with Gasteiger partial charge in [0.05, 0.1) is 46.6 Å². The van der Waals surface area contributed by atoms with E-state index in [0.29, 0.717) is 4.88 Å². The topological polar surface area (TPSA) is 55.0 Å². The van der Waals surface area contributed by atoms with Gasteiger partial charge in [-0.1, -0.05) is 29.8 Å². The highest BCUT2D eigenvalue weighted by Crippen LogP contribution is 2.40. The van der Waals surface area contributed by atoms with Gasteiger partial charge in [0.15, 0.2) is 0 Å². The zero-order chi connectivity index (χ0) is 25.6. The van der Waals surface area contributed by atoms with Gasteiger partial charge in [-0.15, -0.1) is 11.3 Å². The molecule has 1 N–H and O–H groups in total. The van der Waals surface area contributed by atoms with Gasteiger partial charge in [-0.05, 0) is 60.9 Å². The minimum Gasteiger partial charge on any atom is -0.345 e. The monoisotopic (exact) mass is 504 g/mol. The van der Waals surface area contributed by atoms with E-state index >= 15 is 0 Å². The number of hydrogen-bond acceptors (Lipinski definition) is 3. The van der Waals surface area contributed by atoms with E-state index in [1.165, 1.54) is 15.9 Å². The maximum Gasteiger partial charge on any atom is 0.407 e. The highest BCUT2D eigenvalue weighted by atomic mass is 32.1. The largest absolute Gasteiger partial charge is 0.407 e. The van der Waals surface area contributed by atoms with Crippen molar-refractivity contribution >= 4 is 28.1 Å². The number of halogens is 3. The van der Waals surface area contributed by atoms with Gasteiger partial charge in [-0.25, -0.2) is 9.83 Å². The lowest BCUT2D eigenvalue weighted by molar-refractivity contribution is -0.136. The Balaban J connectivity index is 1.69. The maximum atomic E-state index is 13.9. The Hall–Kier alpha value is -4.16. The fraction of sp³-hybridized carbons (Fsp3) is 0.148. The van der Waals surface area contributed by atoms with Crippen molar-refractivity contribution in [2.45, 2.75) is 26.6 Å². The molecule has 0 atom stereocenters. The molecule has 5 rings (SSSR count). The lowest BCUT2D eigenvalue weighted by Crippen LogP contribution is -2.25. The van der Waals surface area contributed by atoms with Crippen LogP contribution in [0.4, 0.5) is 18.9 Å². The SMILES string of the molecule is [C-]#[N+]c1c(C(F)(F)F)cc(-c2ccc(-c3ccc4nc[nH]c4c3)s2)n(Cc2ccc(C)cc2C)c1=O. The average Bonchev–Trinajstić information content (AvgIpc) is 3.50. The molecule has 3 heterocycles. The number of imidazole rings is 1. The summed E-state index contributed by atoms with van der Waals surface area (Å²) in [5.74, 6) is 0. The molecule has 5 nitrogen and oxygen atoms in total. The molecule has 36 heavy (non-hydrogen) atoms. The quantitative estimate of drug-likeness (QED) is 0.260. The average molecular weight is 505 g/mol. The second-order valence-corrected chi connectivity index (χ2v) is 9.60. The first-order chi connectivity index (χ1) is 17.2. The number of hydrogen-bond donors (Lipinski definition) is 1. The van der Waals surface area contributed by atoms with Crippen LogP contribution < -0.4 is 5.56 Å². The Morgan fingerprint density at radius 3 is 2.56 bits per heavy atom. The first kappa shape index (κ1) is 23.6. The van der Waals surface area contributed by atoms with Crippen molar-refractivity contribution in [3.05, 3.63) is 105 Å². The van der Waals surface area contributed by atoms with Gasteiger partial charge >= 0.3 is 6.18 Å². The minimum atomic E-state index is -4.83. The van der Waals surface area contributed by atoms with Crippen LogP contribution in [0.1, 0.15) is 22.3 Å². The number of benzene rings is 2. The fourth-order valence-corrected chi connectivity index (χ4v) is 5.26. The van der Waals surface area contributed by atoms with E-state index in [4.69, 9.17) is 6.57 Å². The molecule has 0 fully saturated rings. The number of aromatic nitrogens is 3. The molecule has 0 unspecified atom stereocenters. The van der Waals surface area contributed by atoms with Gasteiger partial charge in [0.2, 0.25) is 0 Å². The summed E-state index contributed by atoms with van der Waals surface area (Å²) in [6, 6.07) is 15.8. The molecule has 2 aromatic carbocycles. The number of thiophene rings is 1. The molecule has 9 heteroatoms. The van der Waals surface area contributed by atoms with E-state index in [2.05, 4.69) is 14.8 Å². The molecule has 0 amide bonds. The summed E-state index contributed by atoms with van der Waals surface area (Å²) in [5.41, 5.74) is 2.30. The first-order valence-corrected chi connectivity index (χ1v) is 11.8. The molecule has 0 spiro atoms. The third-order valence-electron chi connectivity index (χ3n) is 6.08. The number of nitrogens with one attached hydrogen (secondary N) is 1. The van der Waals surface area contributed by atoms with Gasteiger partial charge in [-0.3, -0.25) is 4.79 Å². The van der Waals surface area contributed by atoms with Gasteiger partial charge in [-0.2, -0.15) is 13.2 Å². The van der Waals surface area contributed by atoms with Gasteiger partial charge in [0, 0.05) is 4.88 Å². The summed E-state index contributed by atoms with van der Waals surface area (Å²) >= 11 is 1.28. The Morgan fingerprint density at radius 1 is 1.06 bits per heavy atom. The molecule has 0 saturated carbocycles. The normalized spacial score (nSPS) is 11.7. The zero-order valence-corrected chi connectivity index (χ0v) is 20.1. The maximum absolute atomic E-state index is 13.9. The molecular weight excluding hydrogens is 485 g/mol. The molecule has 5 aromatic rings. The molecule has 0 radical (unpaired) electrons. The van der Waals surface area contributed by atoms with Crippen LogP contribution in [0.3, 0.4) is 0 Å². The summed E-state index contributed by atoms with van der Waals surface area (Å²) in [4.78, 5) is 24.8. The highest BCUT2D eigenvalue weighted by molar-refractivity contribution is 7.18. The third-order valence-corrected chi connectivity index (χ3v) is 7.24. The van der Waals surface area contributed by atoms with Crippen molar-refractivity contribution in [3.63, 3.8) is 0 Å². The van der Waals surface area contributed by atoms with E-state index < -0.39 is 23.0 Å². The number of aromatic amines is 1. The van der Waals surface area contributed by atoms with Gasteiger partial charge in [0.25, 0.3) is 11.2 Å². The van der Waals surface area contributed by atoms with Crippen molar-refractivity contribution in [1.82, 2.24) is 14.5 Å².